The summed E-state index contributed by atoms with van der Waals surface area (Å²) >= 11 is 0. The van der Waals surface area contributed by atoms with E-state index in [-0.39, 0.29) is 24.5 Å². The molecular weight excluding hydrogens is 498 g/mol. The molecule has 0 bridgehead atoms. The SMILES string of the molecule is C/C(=N/NC(=O)COc1ccc(OCc2ccccc2)cc1)c1ccc(S(=O)(=O)NCCC(=O)O)cc1. The number of benzene rings is 3. The molecule has 3 rings (SSSR count). The summed E-state index contributed by atoms with van der Waals surface area (Å²) in [5, 5.41) is 12.7. The molecule has 0 radical (unpaired) electrons. The highest BCUT2D eigenvalue weighted by atomic mass is 32.2. The molecule has 0 aliphatic rings. The minimum Gasteiger partial charge on any atom is -0.489 e. The maximum absolute atomic E-state index is 12.2. The van der Waals surface area contributed by atoms with Crippen LogP contribution in [0.15, 0.2) is 88.9 Å². The average Bonchev–Trinajstić information content (AvgIpc) is 2.90. The van der Waals surface area contributed by atoms with E-state index in [1.54, 1.807) is 31.2 Å². The topological polar surface area (TPSA) is 143 Å². The van der Waals surface area contributed by atoms with Gasteiger partial charge in [-0.25, -0.2) is 18.6 Å². The molecule has 194 valence electrons. The van der Waals surface area contributed by atoms with Crippen molar-refractivity contribution in [1.82, 2.24) is 10.1 Å². The molecule has 3 aromatic rings. The third-order valence-corrected chi connectivity index (χ3v) is 6.48. The average molecular weight is 526 g/mol. The van der Waals surface area contributed by atoms with E-state index < -0.39 is 21.9 Å². The Morgan fingerprint density at radius 1 is 0.892 bits per heavy atom. The summed E-state index contributed by atoms with van der Waals surface area (Å²) < 4.78 is 37.8. The Labute approximate surface area is 215 Å². The molecule has 1 amide bonds. The second kappa shape index (κ2) is 13.2. The van der Waals surface area contributed by atoms with Crippen molar-refractivity contribution in [3.63, 3.8) is 0 Å². The normalized spacial score (nSPS) is 11.5. The minimum atomic E-state index is -3.82. The number of carbonyl (C=O) groups excluding carboxylic acids is 1. The maximum Gasteiger partial charge on any atom is 0.304 e. The first kappa shape index (κ1) is 27.4. The van der Waals surface area contributed by atoms with Gasteiger partial charge in [0.2, 0.25) is 10.0 Å². The predicted molar refractivity (Wildman–Crippen MR) is 137 cm³/mol. The lowest BCUT2D eigenvalue weighted by atomic mass is 10.1. The summed E-state index contributed by atoms with van der Waals surface area (Å²) in [5.41, 5.74) is 4.50. The third-order valence-electron chi connectivity index (χ3n) is 5.00. The fraction of sp³-hybridized carbons (Fsp3) is 0.192. The van der Waals surface area contributed by atoms with E-state index in [1.165, 1.54) is 24.3 Å². The number of rotatable bonds is 13. The lowest BCUT2D eigenvalue weighted by Crippen LogP contribution is -2.26. The first-order valence-corrected chi connectivity index (χ1v) is 12.8. The quantitative estimate of drug-likeness (QED) is 0.230. The summed E-state index contributed by atoms with van der Waals surface area (Å²) in [6.07, 6.45) is -0.318. The fourth-order valence-corrected chi connectivity index (χ4v) is 4.05. The van der Waals surface area contributed by atoms with Gasteiger partial charge in [0.25, 0.3) is 5.91 Å². The molecule has 11 heteroatoms. The Morgan fingerprint density at radius 3 is 2.14 bits per heavy atom. The van der Waals surface area contributed by atoms with Crippen molar-refractivity contribution < 1.29 is 32.6 Å². The van der Waals surface area contributed by atoms with Gasteiger partial charge in [0.1, 0.15) is 18.1 Å². The molecule has 0 heterocycles. The molecular formula is C26H27N3O7S. The summed E-state index contributed by atoms with van der Waals surface area (Å²) in [6, 6.07) is 22.5. The highest BCUT2D eigenvalue weighted by Crippen LogP contribution is 2.18. The predicted octanol–water partition coefficient (Wildman–Crippen LogP) is 2.94. The zero-order valence-corrected chi connectivity index (χ0v) is 20.9. The summed E-state index contributed by atoms with van der Waals surface area (Å²) in [6.45, 7) is 1.65. The molecule has 0 aliphatic heterocycles. The number of hydrazone groups is 1. The van der Waals surface area contributed by atoms with Crippen LogP contribution in [-0.2, 0) is 26.2 Å². The van der Waals surface area contributed by atoms with Crippen LogP contribution in [0, 0.1) is 0 Å². The van der Waals surface area contributed by atoms with E-state index in [1.807, 2.05) is 30.3 Å². The van der Waals surface area contributed by atoms with E-state index in [2.05, 4.69) is 15.2 Å². The molecule has 3 N–H and O–H groups in total. The number of aliphatic carboxylic acids is 1. The molecule has 3 aromatic carbocycles. The lowest BCUT2D eigenvalue weighted by molar-refractivity contribution is -0.136. The summed E-state index contributed by atoms with van der Waals surface area (Å²) in [4.78, 5) is 22.7. The van der Waals surface area contributed by atoms with E-state index >= 15 is 0 Å². The van der Waals surface area contributed by atoms with E-state index in [9.17, 15) is 18.0 Å². The van der Waals surface area contributed by atoms with Gasteiger partial charge in [0.05, 0.1) is 17.0 Å². The van der Waals surface area contributed by atoms with Gasteiger partial charge in [-0.3, -0.25) is 9.59 Å². The number of nitrogens with zero attached hydrogens (tertiary/aromatic N) is 1. The van der Waals surface area contributed by atoms with Gasteiger partial charge < -0.3 is 14.6 Å². The van der Waals surface area contributed by atoms with Gasteiger partial charge in [-0.15, -0.1) is 0 Å². The van der Waals surface area contributed by atoms with Crippen LogP contribution in [0.25, 0.3) is 0 Å². The van der Waals surface area contributed by atoms with Gasteiger partial charge in [0.15, 0.2) is 6.61 Å². The Bertz CT molecular complexity index is 1320. The number of carboxylic acid groups (broad SMARTS) is 1. The molecule has 0 spiro atoms. The Morgan fingerprint density at radius 2 is 1.51 bits per heavy atom. The fourth-order valence-electron chi connectivity index (χ4n) is 3.02. The second-order valence-corrected chi connectivity index (χ2v) is 9.60. The highest BCUT2D eigenvalue weighted by molar-refractivity contribution is 7.89. The molecule has 0 unspecified atom stereocenters. The lowest BCUT2D eigenvalue weighted by Gasteiger charge is -2.09. The molecule has 0 saturated carbocycles. The molecule has 10 nitrogen and oxygen atoms in total. The third kappa shape index (κ3) is 9.06. The minimum absolute atomic E-state index is 0.0108. The van der Waals surface area contributed by atoms with Crippen LogP contribution in [0.4, 0.5) is 0 Å². The molecule has 0 atom stereocenters. The Kier molecular flexibility index (Phi) is 9.76. The van der Waals surface area contributed by atoms with Gasteiger partial charge in [0, 0.05) is 6.54 Å². The zero-order chi connectivity index (χ0) is 26.7. The van der Waals surface area contributed by atoms with Crippen molar-refractivity contribution in [2.24, 2.45) is 5.10 Å². The smallest absolute Gasteiger partial charge is 0.304 e. The summed E-state index contributed by atoms with van der Waals surface area (Å²) in [7, 11) is -3.82. The molecule has 37 heavy (non-hydrogen) atoms. The molecule has 0 saturated heterocycles. The van der Waals surface area contributed by atoms with Crippen LogP contribution in [0.3, 0.4) is 0 Å². The van der Waals surface area contributed by atoms with Gasteiger partial charge in [-0.05, 0) is 54.4 Å². The monoisotopic (exact) mass is 525 g/mol. The Balaban J connectivity index is 1.45. The highest BCUT2D eigenvalue weighted by Gasteiger charge is 2.14. The molecule has 0 aliphatic carbocycles. The van der Waals surface area contributed by atoms with E-state index in [4.69, 9.17) is 14.6 Å². The van der Waals surface area contributed by atoms with E-state index in [0.717, 1.165) is 5.56 Å². The van der Waals surface area contributed by atoms with Crippen LogP contribution in [-0.4, -0.2) is 44.3 Å². The van der Waals surface area contributed by atoms with Crippen LogP contribution in [0.5, 0.6) is 11.5 Å². The molecule has 0 fully saturated rings. The standard InChI is InChI=1S/C26H27N3O7S/c1-19(21-7-13-24(14-8-21)37(33,34)27-16-15-26(31)32)28-29-25(30)18-36-23-11-9-22(10-12-23)35-17-20-5-3-2-4-6-20/h2-14,27H,15-18H2,1H3,(H,29,30)(H,31,32)/b28-19-. The number of carbonyl (C=O) groups is 2. The zero-order valence-electron chi connectivity index (χ0n) is 20.1. The van der Waals surface area contributed by atoms with E-state index in [0.29, 0.717) is 29.4 Å². The number of sulfonamides is 1. The van der Waals surface area contributed by atoms with Crippen LogP contribution >= 0.6 is 0 Å². The number of hydrogen-bond donors (Lipinski definition) is 3. The second-order valence-electron chi connectivity index (χ2n) is 7.83. The van der Waals surface area contributed by atoms with Crippen molar-refractivity contribution in [2.75, 3.05) is 13.2 Å². The van der Waals surface area contributed by atoms with Gasteiger partial charge >= 0.3 is 5.97 Å². The summed E-state index contributed by atoms with van der Waals surface area (Å²) in [5.74, 6) is -0.391. The van der Waals surface area contributed by atoms with Crippen molar-refractivity contribution >= 4 is 27.6 Å². The maximum atomic E-state index is 12.2. The van der Waals surface area contributed by atoms with Gasteiger partial charge in [-0.2, -0.15) is 5.10 Å². The number of hydrogen-bond acceptors (Lipinski definition) is 7. The van der Waals surface area contributed by atoms with Crippen LogP contribution < -0.4 is 19.6 Å². The number of ether oxygens (including phenoxy) is 2. The van der Waals surface area contributed by atoms with Crippen molar-refractivity contribution in [3.05, 3.63) is 90.0 Å². The van der Waals surface area contributed by atoms with Crippen molar-refractivity contribution in [3.8, 4) is 11.5 Å². The first-order valence-electron chi connectivity index (χ1n) is 11.3. The largest absolute Gasteiger partial charge is 0.489 e. The van der Waals surface area contributed by atoms with Crippen molar-refractivity contribution in [1.29, 1.82) is 0 Å². The van der Waals surface area contributed by atoms with Gasteiger partial charge in [-0.1, -0.05) is 42.5 Å². The van der Waals surface area contributed by atoms with Crippen LogP contribution in [0.1, 0.15) is 24.5 Å². The number of amides is 1. The molecule has 0 aromatic heterocycles. The number of nitrogens with one attached hydrogen (secondary N) is 2. The Hall–Kier alpha value is -4.22. The van der Waals surface area contributed by atoms with Crippen molar-refractivity contribution in [2.45, 2.75) is 24.8 Å². The number of carboxylic acids is 1. The van der Waals surface area contributed by atoms with Crippen LogP contribution in [0.2, 0.25) is 0 Å². The first-order chi connectivity index (χ1) is 17.7.